The van der Waals surface area contributed by atoms with Crippen LogP contribution in [-0.2, 0) is 16.8 Å². The molecule has 2 aromatic carbocycles. The van der Waals surface area contributed by atoms with Crippen LogP contribution in [0.25, 0.3) is 0 Å². The molecule has 6 heteroatoms. The molecule has 0 aromatic heterocycles. The second kappa shape index (κ2) is 5.00. The summed E-state index contributed by atoms with van der Waals surface area (Å²) in [7, 11) is 0. The summed E-state index contributed by atoms with van der Waals surface area (Å²) < 4.78 is 19.7. The first-order valence-electron chi connectivity index (χ1n) is 6.10. The van der Waals surface area contributed by atoms with Gasteiger partial charge < -0.3 is 9.84 Å². The summed E-state index contributed by atoms with van der Waals surface area (Å²) >= 11 is 9.07. The third-order valence-electron chi connectivity index (χ3n) is 3.52. The van der Waals surface area contributed by atoms with E-state index in [4.69, 9.17) is 16.3 Å². The van der Waals surface area contributed by atoms with E-state index in [9.17, 15) is 14.3 Å². The Morgan fingerprint density at radius 1 is 1.38 bits per heavy atom. The van der Waals surface area contributed by atoms with Crippen molar-refractivity contribution in [3.8, 4) is 5.75 Å². The summed E-state index contributed by atoms with van der Waals surface area (Å²) in [4.78, 5) is 11.8. The molecule has 1 heterocycles. The summed E-state index contributed by atoms with van der Waals surface area (Å²) in [6.07, 6.45) is 0.0717. The monoisotopic (exact) mass is 370 g/mol. The van der Waals surface area contributed by atoms with Crippen LogP contribution in [0.1, 0.15) is 11.1 Å². The number of rotatable bonds is 2. The maximum absolute atomic E-state index is 13.7. The third-order valence-corrected chi connectivity index (χ3v) is 4.99. The Kier molecular flexibility index (Phi) is 3.42. The Labute approximate surface area is 133 Å². The van der Waals surface area contributed by atoms with Crippen molar-refractivity contribution in [1.82, 2.24) is 0 Å². The van der Waals surface area contributed by atoms with E-state index in [1.54, 1.807) is 30.3 Å². The number of hydrogen-bond acceptors (Lipinski definition) is 2. The molecule has 1 N–H and O–H groups in total. The lowest BCUT2D eigenvalue weighted by Gasteiger charge is -2.24. The van der Waals surface area contributed by atoms with Gasteiger partial charge in [0.1, 0.15) is 11.6 Å². The molecule has 1 aliphatic heterocycles. The van der Waals surface area contributed by atoms with Crippen molar-refractivity contribution in [2.75, 3.05) is 0 Å². The molecule has 0 saturated heterocycles. The second-order valence-corrected chi connectivity index (χ2v) is 5.91. The lowest BCUT2D eigenvalue weighted by Crippen LogP contribution is -2.40. The number of halogens is 3. The van der Waals surface area contributed by atoms with Crippen LogP contribution in [0.3, 0.4) is 0 Å². The second-order valence-electron chi connectivity index (χ2n) is 4.74. The van der Waals surface area contributed by atoms with Crippen molar-refractivity contribution in [3.05, 3.63) is 62.8 Å². The highest BCUT2D eigenvalue weighted by Gasteiger charge is 2.49. The predicted molar refractivity (Wildman–Crippen MR) is 79.2 cm³/mol. The van der Waals surface area contributed by atoms with Gasteiger partial charge in [-0.1, -0.05) is 41.9 Å². The van der Waals surface area contributed by atoms with Crippen LogP contribution in [0, 0.1) is 5.82 Å². The van der Waals surface area contributed by atoms with Crippen molar-refractivity contribution in [2.45, 2.75) is 12.0 Å². The van der Waals surface area contributed by atoms with E-state index in [1.807, 2.05) is 0 Å². The van der Waals surface area contributed by atoms with Crippen LogP contribution in [0.4, 0.5) is 4.39 Å². The Hall–Kier alpha value is -1.59. The Morgan fingerprint density at radius 2 is 2.05 bits per heavy atom. The number of carbonyl (C=O) groups is 1. The fourth-order valence-corrected chi connectivity index (χ4v) is 3.14. The van der Waals surface area contributed by atoms with Gasteiger partial charge in [0.15, 0.2) is 0 Å². The molecule has 0 bridgehead atoms. The van der Waals surface area contributed by atoms with Gasteiger partial charge in [-0.15, -0.1) is 0 Å². The first-order valence-corrected chi connectivity index (χ1v) is 7.27. The van der Waals surface area contributed by atoms with Crippen molar-refractivity contribution in [3.63, 3.8) is 0 Å². The van der Waals surface area contributed by atoms with E-state index in [0.717, 1.165) is 6.07 Å². The van der Waals surface area contributed by atoms with Crippen LogP contribution in [0.15, 0.2) is 40.9 Å². The molecule has 0 amide bonds. The quantitative estimate of drug-likeness (QED) is 0.807. The summed E-state index contributed by atoms with van der Waals surface area (Å²) in [6, 6.07) is 9.71. The highest BCUT2D eigenvalue weighted by molar-refractivity contribution is 9.10. The summed E-state index contributed by atoms with van der Waals surface area (Å²) in [6.45, 7) is 0. The molecule has 0 radical (unpaired) electrons. The van der Waals surface area contributed by atoms with Gasteiger partial charge in [0.2, 0.25) is 5.60 Å². The minimum atomic E-state index is -1.57. The van der Waals surface area contributed by atoms with Gasteiger partial charge in [-0.25, -0.2) is 9.18 Å². The van der Waals surface area contributed by atoms with E-state index in [-0.39, 0.29) is 17.2 Å². The van der Waals surface area contributed by atoms with Crippen molar-refractivity contribution in [1.29, 1.82) is 0 Å². The molecule has 0 saturated carbocycles. The average Bonchev–Trinajstić information content (AvgIpc) is 2.87. The predicted octanol–water partition coefficient (Wildman–Crippen LogP) is 4.16. The molecule has 3 nitrogen and oxygen atoms in total. The van der Waals surface area contributed by atoms with E-state index in [0.29, 0.717) is 15.6 Å². The SMILES string of the molecule is O=C(O)[C@@]1(c2ccccc2)Cc2c(cc(F)c(Cl)c2Br)O1. The van der Waals surface area contributed by atoms with Crippen LogP contribution in [0.2, 0.25) is 5.02 Å². The molecule has 0 unspecified atom stereocenters. The Morgan fingerprint density at radius 3 is 2.67 bits per heavy atom. The van der Waals surface area contributed by atoms with Crippen molar-refractivity contribution >= 4 is 33.5 Å². The number of fused-ring (bicyclic) bond motifs is 1. The standard InChI is InChI=1S/C15H9BrClFO3/c16-12-9-7-15(14(19)20,8-4-2-1-3-5-8)21-11(9)6-10(18)13(12)17/h1-6H,7H2,(H,19,20)/t15-/m0/s1. The lowest BCUT2D eigenvalue weighted by molar-refractivity contribution is -0.154. The molecule has 2 aromatic rings. The zero-order chi connectivity index (χ0) is 15.2. The molecular weight excluding hydrogens is 363 g/mol. The molecule has 108 valence electrons. The zero-order valence-corrected chi connectivity index (χ0v) is 12.9. The van der Waals surface area contributed by atoms with Crippen LogP contribution < -0.4 is 4.74 Å². The smallest absolute Gasteiger partial charge is 0.353 e. The summed E-state index contributed by atoms with van der Waals surface area (Å²) in [5.41, 5.74) is -0.520. The number of ether oxygens (including phenoxy) is 1. The fraction of sp³-hybridized carbons (Fsp3) is 0.133. The number of benzene rings is 2. The molecule has 0 fully saturated rings. The molecule has 3 rings (SSSR count). The minimum Gasteiger partial charge on any atom is -0.478 e. The summed E-state index contributed by atoms with van der Waals surface area (Å²) in [5.74, 6) is -1.60. The number of carboxylic acids is 1. The third kappa shape index (κ3) is 2.12. The highest BCUT2D eigenvalue weighted by atomic mass is 79.9. The average molecular weight is 372 g/mol. The first-order chi connectivity index (χ1) is 9.95. The van der Waals surface area contributed by atoms with Gasteiger partial charge in [-0.2, -0.15) is 0 Å². The van der Waals surface area contributed by atoms with Gasteiger partial charge in [0, 0.05) is 28.1 Å². The van der Waals surface area contributed by atoms with Gasteiger partial charge >= 0.3 is 5.97 Å². The highest BCUT2D eigenvalue weighted by Crippen LogP contribution is 2.47. The number of hydrogen-bond donors (Lipinski definition) is 1. The van der Waals surface area contributed by atoms with E-state index < -0.39 is 17.4 Å². The maximum Gasteiger partial charge on any atom is 0.353 e. The summed E-state index contributed by atoms with van der Waals surface area (Å²) in [5, 5.41) is 9.57. The largest absolute Gasteiger partial charge is 0.478 e. The molecule has 1 aliphatic rings. The molecule has 21 heavy (non-hydrogen) atoms. The van der Waals surface area contributed by atoms with Gasteiger partial charge in [-0.05, 0) is 15.9 Å². The van der Waals surface area contributed by atoms with E-state index in [2.05, 4.69) is 15.9 Å². The Bertz CT molecular complexity index is 735. The topological polar surface area (TPSA) is 46.5 Å². The maximum atomic E-state index is 13.7. The molecule has 0 aliphatic carbocycles. The van der Waals surface area contributed by atoms with E-state index >= 15 is 0 Å². The van der Waals surface area contributed by atoms with Crippen LogP contribution in [-0.4, -0.2) is 11.1 Å². The van der Waals surface area contributed by atoms with E-state index in [1.165, 1.54) is 0 Å². The lowest BCUT2D eigenvalue weighted by atomic mass is 9.89. The number of aliphatic carboxylic acids is 1. The van der Waals surface area contributed by atoms with Gasteiger partial charge in [0.05, 0.1) is 5.02 Å². The van der Waals surface area contributed by atoms with Gasteiger partial charge in [-0.3, -0.25) is 0 Å². The molecular formula is C15H9BrClFO3. The Balaban J connectivity index is 2.17. The fourth-order valence-electron chi connectivity index (χ4n) is 2.45. The van der Waals surface area contributed by atoms with Gasteiger partial charge in [0.25, 0.3) is 0 Å². The number of carboxylic acid groups (broad SMARTS) is 1. The minimum absolute atomic E-state index is 0.0717. The molecule has 0 spiro atoms. The normalized spacial score (nSPS) is 20.0. The molecule has 1 atom stereocenters. The first kappa shape index (κ1) is 14.4. The van der Waals surface area contributed by atoms with Crippen LogP contribution >= 0.6 is 27.5 Å². The van der Waals surface area contributed by atoms with Crippen molar-refractivity contribution < 1.29 is 19.0 Å². The van der Waals surface area contributed by atoms with Crippen molar-refractivity contribution in [2.24, 2.45) is 0 Å². The zero-order valence-electron chi connectivity index (χ0n) is 10.6. The van der Waals surface area contributed by atoms with Crippen LogP contribution in [0.5, 0.6) is 5.75 Å².